The maximum atomic E-state index is 13.3. The number of hydrogen-bond donors (Lipinski definition) is 1. The number of alkyl halides is 1. The lowest BCUT2D eigenvalue weighted by molar-refractivity contribution is -0.387. The molecule has 0 aliphatic heterocycles. The maximum absolute atomic E-state index is 13.3. The third kappa shape index (κ3) is 3.62. The molecule has 1 N–H and O–H groups in total. The van der Waals surface area contributed by atoms with Gasteiger partial charge in [0.05, 0.1) is 9.82 Å². The number of sulfonamides is 1. The average molecular weight is 297 g/mol. The van der Waals surface area contributed by atoms with Crippen molar-refractivity contribution in [2.45, 2.75) is 11.3 Å². The molecule has 6 nitrogen and oxygen atoms in total. The van der Waals surface area contributed by atoms with E-state index in [0.717, 1.165) is 12.1 Å². The van der Waals surface area contributed by atoms with E-state index >= 15 is 0 Å². The molecule has 0 spiro atoms. The van der Waals surface area contributed by atoms with Gasteiger partial charge < -0.3 is 0 Å². The van der Waals surface area contributed by atoms with Crippen molar-refractivity contribution in [3.8, 4) is 0 Å². The van der Waals surface area contributed by atoms with Crippen LogP contribution < -0.4 is 4.72 Å². The van der Waals surface area contributed by atoms with E-state index in [9.17, 15) is 22.9 Å². The van der Waals surface area contributed by atoms with Crippen LogP contribution in [0.4, 0.5) is 10.1 Å². The summed E-state index contributed by atoms with van der Waals surface area (Å²) in [5.41, 5.74) is -0.769. The molecule has 18 heavy (non-hydrogen) atoms. The SMILES string of the molecule is O=[N+]([O-])c1ccc(S(=O)(=O)NCCCCl)cc1F. The molecule has 0 saturated carbocycles. The molecule has 0 aromatic heterocycles. The van der Waals surface area contributed by atoms with E-state index < -0.39 is 26.5 Å². The van der Waals surface area contributed by atoms with Gasteiger partial charge in [-0.15, -0.1) is 11.6 Å². The first-order valence-electron chi connectivity index (χ1n) is 4.88. The predicted molar refractivity (Wildman–Crippen MR) is 63.6 cm³/mol. The van der Waals surface area contributed by atoms with Gasteiger partial charge in [0.15, 0.2) is 0 Å². The van der Waals surface area contributed by atoms with Crippen molar-refractivity contribution < 1.29 is 17.7 Å². The zero-order valence-electron chi connectivity index (χ0n) is 9.10. The number of benzene rings is 1. The molecule has 0 bridgehead atoms. The van der Waals surface area contributed by atoms with Crippen molar-refractivity contribution >= 4 is 27.3 Å². The van der Waals surface area contributed by atoms with Gasteiger partial charge >= 0.3 is 5.69 Å². The van der Waals surface area contributed by atoms with Crippen LogP contribution in [-0.2, 0) is 10.0 Å². The highest BCUT2D eigenvalue weighted by Crippen LogP contribution is 2.20. The highest BCUT2D eigenvalue weighted by Gasteiger charge is 2.20. The first-order valence-corrected chi connectivity index (χ1v) is 6.90. The number of nitro groups is 1. The van der Waals surface area contributed by atoms with Crippen LogP contribution >= 0.6 is 11.6 Å². The van der Waals surface area contributed by atoms with Gasteiger partial charge in [-0.2, -0.15) is 4.39 Å². The summed E-state index contributed by atoms with van der Waals surface area (Å²) in [7, 11) is -3.87. The summed E-state index contributed by atoms with van der Waals surface area (Å²) in [4.78, 5) is 9.09. The molecule has 1 aromatic carbocycles. The lowest BCUT2D eigenvalue weighted by atomic mass is 10.3. The Balaban J connectivity index is 2.97. The highest BCUT2D eigenvalue weighted by atomic mass is 35.5. The molecule has 0 unspecified atom stereocenters. The Hall–Kier alpha value is -1.25. The van der Waals surface area contributed by atoms with E-state index in [1.165, 1.54) is 0 Å². The molecule has 1 rings (SSSR count). The van der Waals surface area contributed by atoms with E-state index in [2.05, 4.69) is 4.72 Å². The van der Waals surface area contributed by atoms with Gasteiger partial charge in [-0.25, -0.2) is 13.1 Å². The van der Waals surface area contributed by atoms with Crippen LogP contribution in [0.25, 0.3) is 0 Å². The second-order valence-corrected chi connectivity index (χ2v) is 5.46. The van der Waals surface area contributed by atoms with Crippen LogP contribution in [0, 0.1) is 15.9 Å². The first-order chi connectivity index (χ1) is 8.38. The van der Waals surface area contributed by atoms with Crippen LogP contribution in [0.5, 0.6) is 0 Å². The quantitative estimate of drug-likeness (QED) is 0.374. The Bertz CT molecular complexity index is 549. The fourth-order valence-corrected chi connectivity index (χ4v) is 2.38. The average Bonchev–Trinajstić information content (AvgIpc) is 2.28. The topological polar surface area (TPSA) is 89.3 Å². The van der Waals surface area contributed by atoms with E-state index in [4.69, 9.17) is 11.6 Å². The van der Waals surface area contributed by atoms with Gasteiger partial charge in [-0.05, 0) is 12.5 Å². The van der Waals surface area contributed by atoms with Crippen molar-refractivity contribution in [3.63, 3.8) is 0 Å². The van der Waals surface area contributed by atoms with E-state index in [0.29, 0.717) is 12.5 Å². The molecule has 0 heterocycles. The van der Waals surface area contributed by atoms with Gasteiger partial charge in [0.25, 0.3) is 0 Å². The molecule has 100 valence electrons. The Morgan fingerprint density at radius 3 is 2.61 bits per heavy atom. The number of rotatable bonds is 6. The van der Waals surface area contributed by atoms with Crippen LogP contribution in [0.15, 0.2) is 23.1 Å². The molecule has 0 aliphatic rings. The second-order valence-electron chi connectivity index (χ2n) is 3.31. The smallest absolute Gasteiger partial charge is 0.258 e. The molecule has 0 saturated heterocycles. The Morgan fingerprint density at radius 1 is 1.44 bits per heavy atom. The summed E-state index contributed by atoms with van der Waals surface area (Å²) < 4.78 is 38.8. The summed E-state index contributed by atoms with van der Waals surface area (Å²) in [6.45, 7) is 0.116. The minimum atomic E-state index is -3.87. The molecule has 0 atom stereocenters. The fourth-order valence-electron chi connectivity index (χ4n) is 1.16. The third-order valence-electron chi connectivity index (χ3n) is 2.03. The van der Waals surface area contributed by atoms with Crippen molar-refractivity contribution in [1.29, 1.82) is 0 Å². The van der Waals surface area contributed by atoms with Crippen LogP contribution in [0.2, 0.25) is 0 Å². The molecular formula is C9H10ClFN2O4S. The molecule has 1 aromatic rings. The summed E-state index contributed by atoms with van der Waals surface area (Å²) in [5.74, 6) is -0.905. The van der Waals surface area contributed by atoms with Crippen molar-refractivity contribution in [1.82, 2.24) is 4.72 Å². The molecule has 0 aliphatic carbocycles. The number of nitrogens with one attached hydrogen (secondary N) is 1. The van der Waals surface area contributed by atoms with Crippen LogP contribution in [0.3, 0.4) is 0 Å². The molecule has 9 heteroatoms. The van der Waals surface area contributed by atoms with Crippen molar-refractivity contribution in [2.24, 2.45) is 0 Å². The predicted octanol–water partition coefficient (Wildman–Crippen LogP) is 1.64. The Labute approximate surface area is 108 Å². The van der Waals surface area contributed by atoms with Gasteiger partial charge in [0.2, 0.25) is 15.8 Å². The van der Waals surface area contributed by atoms with Crippen molar-refractivity contribution in [3.05, 3.63) is 34.1 Å². The molecular weight excluding hydrogens is 287 g/mol. The lowest BCUT2D eigenvalue weighted by Gasteiger charge is -2.05. The van der Waals surface area contributed by atoms with Crippen LogP contribution in [0.1, 0.15) is 6.42 Å². The van der Waals surface area contributed by atoms with Gasteiger partial charge in [-0.1, -0.05) is 0 Å². The molecule has 0 radical (unpaired) electrons. The maximum Gasteiger partial charge on any atom is 0.304 e. The minimum Gasteiger partial charge on any atom is -0.258 e. The van der Waals surface area contributed by atoms with Gasteiger partial charge in [0, 0.05) is 24.6 Å². The van der Waals surface area contributed by atoms with Crippen LogP contribution in [-0.4, -0.2) is 25.8 Å². The van der Waals surface area contributed by atoms with Gasteiger partial charge in [-0.3, -0.25) is 10.1 Å². The minimum absolute atomic E-state index is 0.116. The zero-order valence-corrected chi connectivity index (χ0v) is 10.7. The Morgan fingerprint density at radius 2 is 2.11 bits per heavy atom. The number of halogens is 2. The summed E-state index contributed by atoms with van der Waals surface area (Å²) >= 11 is 5.39. The first kappa shape index (κ1) is 14.8. The summed E-state index contributed by atoms with van der Waals surface area (Å²) in [6, 6.07) is 2.40. The number of nitro benzene ring substituents is 1. The lowest BCUT2D eigenvalue weighted by Crippen LogP contribution is -2.25. The standard InChI is InChI=1S/C9H10ClFN2O4S/c10-4-1-5-12-18(16,17)7-2-3-9(13(14)15)8(11)6-7/h2-3,6,12H,1,4-5H2. The Kier molecular flexibility index (Phi) is 5.00. The van der Waals surface area contributed by atoms with E-state index in [1.54, 1.807) is 0 Å². The van der Waals surface area contributed by atoms with Gasteiger partial charge in [0.1, 0.15) is 0 Å². The second kappa shape index (κ2) is 6.07. The highest BCUT2D eigenvalue weighted by molar-refractivity contribution is 7.89. The normalized spacial score (nSPS) is 11.4. The zero-order chi connectivity index (χ0) is 13.8. The van der Waals surface area contributed by atoms with E-state index in [1.807, 2.05) is 0 Å². The summed E-state index contributed by atoms with van der Waals surface area (Å²) in [5, 5.41) is 10.4. The third-order valence-corrected chi connectivity index (χ3v) is 3.75. The molecule has 0 amide bonds. The summed E-state index contributed by atoms with van der Waals surface area (Å²) in [6.07, 6.45) is 0.427. The molecule has 0 fully saturated rings. The van der Waals surface area contributed by atoms with E-state index in [-0.39, 0.29) is 17.3 Å². The fraction of sp³-hybridized carbons (Fsp3) is 0.333. The number of nitrogens with zero attached hydrogens (tertiary/aromatic N) is 1. The van der Waals surface area contributed by atoms with Crippen molar-refractivity contribution in [2.75, 3.05) is 12.4 Å². The monoisotopic (exact) mass is 296 g/mol. The largest absolute Gasteiger partial charge is 0.304 e. The number of hydrogen-bond acceptors (Lipinski definition) is 4.